The number of hydrogen-bond acceptors (Lipinski definition) is 5. The van der Waals surface area contributed by atoms with Gasteiger partial charge in [0.2, 0.25) is 0 Å². The molecule has 5 nitrogen and oxygen atoms in total. The fourth-order valence-corrected chi connectivity index (χ4v) is 3.33. The standard InChI is InChI=1S/C18H18BrN5/c1-23-7-9-24(10-8-23)18-15-11-14(19)4-5-16(15)21-17(22-18)13-3-2-6-20-12-13/h2-6,11-12H,7-10H2,1H3. The number of rotatable bonds is 2. The average Bonchev–Trinajstić information content (AvgIpc) is 2.62. The molecule has 3 aromatic rings. The lowest BCUT2D eigenvalue weighted by molar-refractivity contribution is 0.312. The maximum Gasteiger partial charge on any atom is 0.163 e. The molecule has 1 aliphatic rings. The highest BCUT2D eigenvalue weighted by atomic mass is 79.9. The summed E-state index contributed by atoms with van der Waals surface area (Å²) < 4.78 is 1.04. The van der Waals surface area contributed by atoms with Crippen molar-refractivity contribution in [2.24, 2.45) is 0 Å². The molecule has 0 aliphatic carbocycles. The monoisotopic (exact) mass is 383 g/mol. The second kappa shape index (κ2) is 6.45. The number of benzene rings is 1. The number of fused-ring (bicyclic) bond motifs is 1. The lowest BCUT2D eigenvalue weighted by Crippen LogP contribution is -2.45. The fraction of sp³-hybridized carbons (Fsp3) is 0.278. The van der Waals surface area contributed by atoms with Gasteiger partial charge in [0, 0.05) is 54.0 Å². The number of nitrogens with zero attached hydrogens (tertiary/aromatic N) is 5. The SMILES string of the molecule is CN1CCN(c2nc(-c3cccnc3)nc3ccc(Br)cc23)CC1. The zero-order valence-corrected chi connectivity index (χ0v) is 15.1. The predicted molar refractivity (Wildman–Crippen MR) is 100 cm³/mol. The molecule has 122 valence electrons. The molecule has 24 heavy (non-hydrogen) atoms. The topological polar surface area (TPSA) is 45.2 Å². The Balaban J connectivity index is 1.87. The summed E-state index contributed by atoms with van der Waals surface area (Å²) in [6, 6.07) is 10.1. The van der Waals surface area contributed by atoms with Crippen LogP contribution in [0.15, 0.2) is 47.2 Å². The normalized spacial score (nSPS) is 15.8. The Morgan fingerprint density at radius 1 is 1.04 bits per heavy atom. The maximum absolute atomic E-state index is 4.90. The van der Waals surface area contributed by atoms with Gasteiger partial charge >= 0.3 is 0 Å². The third-order valence-electron chi connectivity index (χ3n) is 4.36. The molecule has 0 spiro atoms. The van der Waals surface area contributed by atoms with Crippen LogP contribution >= 0.6 is 15.9 Å². The van der Waals surface area contributed by atoms with Gasteiger partial charge in [0.15, 0.2) is 5.82 Å². The van der Waals surface area contributed by atoms with E-state index in [0.29, 0.717) is 0 Å². The summed E-state index contributed by atoms with van der Waals surface area (Å²) in [5.41, 5.74) is 1.90. The first kappa shape index (κ1) is 15.5. The van der Waals surface area contributed by atoms with Crippen molar-refractivity contribution in [1.29, 1.82) is 0 Å². The van der Waals surface area contributed by atoms with Crippen molar-refractivity contribution in [1.82, 2.24) is 19.9 Å². The zero-order chi connectivity index (χ0) is 16.5. The maximum atomic E-state index is 4.90. The smallest absolute Gasteiger partial charge is 0.163 e. The predicted octanol–water partition coefficient (Wildman–Crippen LogP) is 3.21. The number of hydrogen-bond donors (Lipinski definition) is 0. The molecule has 0 unspecified atom stereocenters. The number of piperazine rings is 1. The van der Waals surface area contributed by atoms with Crippen LogP contribution in [0.4, 0.5) is 5.82 Å². The summed E-state index contributed by atoms with van der Waals surface area (Å²) in [6.45, 7) is 4.03. The van der Waals surface area contributed by atoms with Gasteiger partial charge in [-0.05, 0) is 37.4 Å². The summed E-state index contributed by atoms with van der Waals surface area (Å²) in [7, 11) is 2.16. The van der Waals surface area contributed by atoms with Crippen LogP contribution in [0.25, 0.3) is 22.3 Å². The molecule has 1 aromatic carbocycles. The van der Waals surface area contributed by atoms with Gasteiger partial charge in [-0.1, -0.05) is 15.9 Å². The average molecular weight is 384 g/mol. The number of likely N-dealkylation sites (N-methyl/N-ethyl adjacent to an activating group) is 1. The van der Waals surface area contributed by atoms with E-state index in [2.05, 4.69) is 43.8 Å². The molecule has 0 N–H and O–H groups in total. The molecule has 1 aliphatic heterocycles. The number of anilines is 1. The van der Waals surface area contributed by atoms with E-state index < -0.39 is 0 Å². The first-order valence-corrected chi connectivity index (χ1v) is 8.81. The van der Waals surface area contributed by atoms with E-state index in [1.54, 1.807) is 6.20 Å². The van der Waals surface area contributed by atoms with Crippen LogP contribution in [-0.2, 0) is 0 Å². The largest absolute Gasteiger partial charge is 0.353 e. The highest BCUT2D eigenvalue weighted by molar-refractivity contribution is 9.10. The second-order valence-electron chi connectivity index (χ2n) is 6.06. The van der Waals surface area contributed by atoms with Crippen LogP contribution in [0.2, 0.25) is 0 Å². The van der Waals surface area contributed by atoms with Crippen molar-refractivity contribution >= 4 is 32.7 Å². The highest BCUT2D eigenvalue weighted by Gasteiger charge is 2.19. The molecular weight excluding hydrogens is 366 g/mol. The second-order valence-corrected chi connectivity index (χ2v) is 6.98. The van der Waals surface area contributed by atoms with E-state index >= 15 is 0 Å². The first-order chi connectivity index (χ1) is 11.7. The van der Waals surface area contributed by atoms with Gasteiger partial charge in [-0.3, -0.25) is 4.98 Å². The van der Waals surface area contributed by atoms with E-state index in [0.717, 1.165) is 58.8 Å². The van der Waals surface area contributed by atoms with Crippen LogP contribution in [0, 0.1) is 0 Å². The molecule has 1 saturated heterocycles. The van der Waals surface area contributed by atoms with Crippen molar-refractivity contribution in [3.05, 3.63) is 47.2 Å². The molecule has 3 heterocycles. The van der Waals surface area contributed by atoms with Crippen LogP contribution in [0.1, 0.15) is 0 Å². The molecule has 0 saturated carbocycles. The first-order valence-electron chi connectivity index (χ1n) is 8.02. The Bertz CT molecular complexity index is 860. The molecule has 0 atom stereocenters. The third-order valence-corrected chi connectivity index (χ3v) is 4.85. The zero-order valence-electron chi connectivity index (χ0n) is 13.5. The lowest BCUT2D eigenvalue weighted by Gasteiger charge is -2.33. The summed E-state index contributed by atoms with van der Waals surface area (Å²) >= 11 is 3.57. The Labute approximate surface area is 149 Å². The Hall–Kier alpha value is -2.05. The fourth-order valence-electron chi connectivity index (χ4n) is 2.97. The van der Waals surface area contributed by atoms with Gasteiger partial charge in [0.1, 0.15) is 5.82 Å². The van der Waals surface area contributed by atoms with Crippen molar-refractivity contribution in [3.8, 4) is 11.4 Å². The van der Waals surface area contributed by atoms with E-state index in [4.69, 9.17) is 9.97 Å². The molecule has 6 heteroatoms. The minimum Gasteiger partial charge on any atom is -0.353 e. The Morgan fingerprint density at radius 3 is 2.62 bits per heavy atom. The van der Waals surface area contributed by atoms with Gasteiger partial charge in [-0.25, -0.2) is 9.97 Å². The van der Waals surface area contributed by atoms with Crippen LogP contribution in [0.5, 0.6) is 0 Å². The summed E-state index contributed by atoms with van der Waals surface area (Å²) in [5, 5.41) is 1.08. The van der Waals surface area contributed by atoms with Crippen molar-refractivity contribution < 1.29 is 0 Å². The number of pyridine rings is 1. The minimum atomic E-state index is 0.729. The number of halogens is 1. The molecule has 4 rings (SSSR count). The van der Waals surface area contributed by atoms with Crippen molar-refractivity contribution in [2.45, 2.75) is 0 Å². The molecule has 1 fully saturated rings. The van der Waals surface area contributed by atoms with Crippen LogP contribution in [0.3, 0.4) is 0 Å². The number of aromatic nitrogens is 3. The molecular formula is C18H18BrN5. The quantitative estimate of drug-likeness (QED) is 0.679. The van der Waals surface area contributed by atoms with E-state index in [-0.39, 0.29) is 0 Å². The van der Waals surface area contributed by atoms with E-state index in [1.165, 1.54) is 0 Å². The van der Waals surface area contributed by atoms with Crippen molar-refractivity contribution in [3.63, 3.8) is 0 Å². The van der Waals surface area contributed by atoms with Gasteiger partial charge in [-0.2, -0.15) is 0 Å². The molecule has 0 radical (unpaired) electrons. The summed E-state index contributed by atoms with van der Waals surface area (Å²) in [5.74, 6) is 1.74. The Kier molecular flexibility index (Phi) is 4.16. The van der Waals surface area contributed by atoms with Gasteiger partial charge in [0.05, 0.1) is 5.52 Å². The lowest BCUT2D eigenvalue weighted by atomic mass is 10.2. The molecule has 0 amide bonds. The van der Waals surface area contributed by atoms with Gasteiger partial charge < -0.3 is 9.80 Å². The van der Waals surface area contributed by atoms with Crippen LogP contribution in [-0.4, -0.2) is 53.1 Å². The van der Waals surface area contributed by atoms with Crippen molar-refractivity contribution in [2.75, 3.05) is 38.1 Å². The molecule has 0 bridgehead atoms. The minimum absolute atomic E-state index is 0.729. The third kappa shape index (κ3) is 2.99. The van der Waals surface area contributed by atoms with Gasteiger partial charge in [0.25, 0.3) is 0 Å². The Morgan fingerprint density at radius 2 is 1.88 bits per heavy atom. The van der Waals surface area contributed by atoms with E-state index in [1.807, 2.05) is 30.5 Å². The summed E-state index contributed by atoms with van der Waals surface area (Å²) in [4.78, 5) is 18.5. The van der Waals surface area contributed by atoms with Gasteiger partial charge in [-0.15, -0.1) is 0 Å². The van der Waals surface area contributed by atoms with E-state index in [9.17, 15) is 0 Å². The highest BCUT2D eigenvalue weighted by Crippen LogP contribution is 2.30. The summed E-state index contributed by atoms with van der Waals surface area (Å²) in [6.07, 6.45) is 3.58. The molecule has 2 aromatic heterocycles. The van der Waals surface area contributed by atoms with Crippen LogP contribution < -0.4 is 4.90 Å².